The van der Waals surface area contributed by atoms with Crippen LogP contribution in [0, 0.1) is 0 Å². The lowest BCUT2D eigenvalue weighted by atomic mass is 9.98. The van der Waals surface area contributed by atoms with E-state index >= 15 is 0 Å². The normalized spacial score (nSPS) is 31.8. The van der Waals surface area contributed by atoms with Crippen molar-refractivity contribution in [3.63, 3.8) is 0 Å². The maximum absolute atomic E-state index is 9.79. The van der Waals surface area contributed by atoms with Crippen molar-refractivity contribution in [2.75, 3.05) is 5.88 Å². The Labute approximate surface area is 83.2 Å². The highest BCUT2D eigenvalue weighted by molar-refractivity contribution is 8.04. The Kier molecular flexibility index (Phi) is 3.50. The van der Waals surface area contributed by atoms with E-state index in [0.717, 1.165) is 6.42 Å². The molecule has 1 nitrogen and oxygen atoms in total. The van der Waals surface area contributed by atoms with Gasteiger partial charge in [0.05, 0.1) is 6.10 Å². The molecule has 2 atom stereocenters. The third kappa shape index (κ3) is 2.18. The van der Waals surface area contributed by atoms with Gasteiger partial charge in [0.15, 0.2) is 0 Å². The fourth-order valence-corrected chi connectivity index (χ4v) is 2.94. The molecule has 0 aliphatic carbocycles. The Morgan fingerprint density at radius 1 is 1.83 bits per heavy atom. The van der Waals surface area contributed by atoms with E-state index in [1.165, 1.54) is 4.91 Å². The molecule has 0 fully saturated rings. The monoisotopic (exact) mass is 206 g/mol. The predicted octanol–water partition coefficient (Wildman–Crippen LogP) is 2.78. The standard InChI is InChI=1S/C9H15ClOS/c1-7-3-5-9(2,12-7)8(11)4-6-10/h3,8,11H,4-6H2,1-2H3/t8-,9?/m1/s1. The van der Waals surface area contributed by atoms with E-state index in [4.69, 9.17) is 11.6 Å². The first-order valence-electron chi connectivity index (χ1n) is 4.18. The van der Waals surface area contributed by atoms with Crippen LogP contribution in [0.25, 0.3) is 0 Å². The van der Waals surface area contributed by atoms with Crippen LogP contribution in [0.2, 0.25) is 0 Å². The van der Waals surface area contributed by atoms with Crippen LogP contribution in [0.15, 0.2) is 11.0 Å². The number of aliphatic hydroxyl groups is 1. The molecule has 0 amide bonds. The second-order valence-corrected chi connectivity index (χ2v) is 5.59. The molecule has 1 heterocycles. The zero-order chi connectivity index (χ0) is 9.19. The van der Waals surface area contributed by atoms with E-state index in [1.54, 1.807) is 11.8 Å². The van der Waals surface area contributed by atoms with Crippen molar-refractivity contribution in [3.8, 4) is 0 Å². The second-order valence-electron chi connectivity index (χ2n) is 3.43. The first-order chi connectivity index (χ1) is 5.58. The van der Waals surface area contributed by atoms with Crippen molar-refractivity contribution < 1.29 is 5.11 Å². The zero-order valence-electron chi connectivity index (χ0n) is 7.51. The van der Waals surface area contributed by atoms with E-state index < -0.39 is 0 Å². The average molecular weight is 207 g/mol. The summed E-state index contributed by atoms with van der Waals surface area (Å²) in [7, 11) is 0. The Bertz CT molecular complexity index is 193. The first kappa shape index (κ1) is 10.4. The molecule has 0 radical (unpaired) electrons. The summed E-state index contributed by atoms with van der Waals surface area (Å²) in [6, 6.07) is 0. The van der Waals surface area contributed by atoms with Crippen molar-refractivity contribution >= 4 is 23.4 Å². The molecule has 12 heavy (non-hydrogen) atoms. The largest absolute Gasteiger partial charge is 0.392 e. The second kappa shape index (κ2) is 4.03. The average Bonchev–Trinajstić information content (AvgIpc) is 2.33. The minimum absolute atomic E-state index is 0.0288. The van der Waals surface area contributed by atoms with Gasteiger partial charge in [0.2, 0.25) is 0 Å². The number of hydrogen-bond acceptors (Lipinski definition) is 2. The van der Waals surface area contributed by atoms with Crippen molar-refractivity contribution in [2.24, 2.45) is 0 Å². The van der Waals surface area contributed by atoms with Gasteiger partial charge in [-0.1, -0.05) is 6.08 Å². The van der Waals surface area contributed by atoms with Gasteiger partial charge in [0, 0.05) is 10.6 Å². The number of allylic oxidation sites excluding steroid dienone is 2. The van der Waals surface area contributed by atoms with Gasteiger partial charge in [-0.25, -0.2) is 0 Å². The van der Waals surface area contributed by atoms with E-state index in [2.05, 4.69) is 19.9 Å². The number of halogens is 1. The van der Waals surface area contributed by atoms with Crippen LogP contribution in [0.1, 0.15) is 26.7 Å². The van der Waals surface area contributed by atoms with Gasteiger partial charge in [-0.15, -0.1) is 23.4 Å². The maximum atomic E-state index is 9.79. The Hall–Kier alpha value is 0.340. The number of aliphatic hydroxyl groups excluding tert-OH is 1. The molecular formula is C9H15ClOS. The van der Waals surface area contributed by atoms with Crippen molar-refractivity contribution in [3.05, 3.63) is 11.0 Å². The lowest BCUT2D eigenvalue weighted by Crippen LogP contribution is -2.34. The lowest BCUT2D eigenvalue weighted by Gasteiger charge is -2.29. The highest BCUT2D eigenvalue weighted by Crippen LogP contribution is 2.44. The first-order valence-corrected chi connectivity index (χ1v) is 5.53. The summed E-state index contributed by atoms with van der Waals surface area (Å²) >= 11 is 7.36. The molecule has 1 aliphatic rings. The van der Waals surface area contributed by atoms with Gasteiger partial charge in [-0.2, -0.15) is 0 Å². The van der Waals surface area contributed by atoms with Crippen LogP contribution < -0.4 is 0 Å². The third-order valence-corrected chi connectivity index (χ3v) is 3.89. The number of alkyl halides is 1. The fourth-order valence-electron chi connectivity index (χ4n) is 1.41. The summed E-state index contributed by atoms with van der Waals surface area (Å²) in [4.78, 5) is 1.31. The van der Waals surface area contributed by atoms with Crippen molar-refractivity contribution in [2.45, 2.75) is 37.5 Å². The molecule has 1 unspecified atom stereocenters. The molecule has 0 saturated heterocycles. The van der Waals surface area contributed by atoms with Gasteiger partial charge < -0.3 is 5.11 Å². The SMILES string of the molecule is CC1=CCC(C)([C@H](O)CCCl)S1. The quantitative estimate of drug-likeness (QED) is 0.717. The molecule has 0 bridgehead atoms. The predicted molar refractivity (Wildman–Crippen MR) is 55.7 cm³/mol. The molecule has 1 rings (SSSR count). The zero-order valence-corrected chi connectivity index (χ0v) is 9.08. The number of thioether (sulfide) groups is 1. The Balaban J connectivity index is 2.51. The van der Waals surface area contributed by atoms with Gasteiger partial charge in [-0.3, -0.25) is 0 Å². The summed E-state index contributed by atoms with van der Waals surface area (Å²) in [5.74, 6) is 0.538. The van der Waals surface area contributed by atoms with Gasteiger partial charge in [0.1, 0.15) is 0 Å². The summed E-state index contributed by atoms with van der Waals surface area (Å²) in [6.45, 7) is 4.19. The highest BCUT2D eigenvalue weighted by Gasteiger charge is 2.35. The minimum Gasteiger partial charge on any atom is -0.392 e. The van der Waals surface area contributed by atoms with Gasteiger partial charge in [-0.05, 0) is 31.6 Å². The molecule has 0 aromatic rings. The Morgan fingerprint density at radius 3 is 2.92 bits per heavy atom. The van der Waals surface area contributed by atoms with Crippen LogP contribution in [-0.2, 0) is 0 Å². The van der Waals surface area contributed by atoms with Crippen LogP contribution in [0.3, 0.4) is 0 Å². The molecule has 1 aliphatic heterocycles. The molecule has 3 heteroatoms. The summed E-state index contributed by atoms with van der Waals surface area (Å²) in [5, 5.41) is 9.79. The van der Waals surface area contributed by atoms with E-state index in [9.17, 15) is 5.11 Å². The number of rotatable bonds is 3. The van der Waals surface area contributed by atoms with Gasteiger partial charge in [0.25, 0.3) is 0 Å². The fraction of sp³-hybridized carbons (Fsp3) is 0.778. The van der Waals surface area contributed by atoms with Crippen LogP contribution in [0.5, 0.6) is 0 Å². The molecular weight excluding hydrogens is 192 g/mol. The maximum Gasteiger partial charge on any atom is 0.0701 e. The summed E-state index contributed by atoms with van der Waals surface area (Å²) in [5.41, 5.74) is 0. The van der Waals surface area contributed by atoms with Crippen LogP contribution in [-0.4, -0.2) is 21.8 Å². The molecule has 70 valence electrons. The smallest absolute Gasteiger partial charge is 0.0701 e. The third-order valence-electron chi connectivity index (χ3n) is 2.28. The van der Waals surface area contributed by atoms with Crippen molar-refractivity contribution in [1.29, 1.82) is 0 Å². The van der Waals surface area contributed by atoms with Gasteiger partial charge >= 0.3 is 0 Å². The molecule has 0 aromatic heterocycles. The molecule has 0 aromatic carbocycles. The topological polar surface area (TPSA) is 20.2 Å². The van der Waals surface area contributed by atoms with Crippen molar-refractivity contribution in [1.82, 2.24) is 0 Å². The number of hydrogen-bond donors (Lipinski definition) is 1. The van der Waals surface area contributed by atoms with Crippen LogP contribution >= 0.6 is 23.4 Å². The summed E-state index contributed by atoms with van der Waals surface area (Å²) < 4.78 is -0.0288. The molecule has 0 saturated carbocycles. The lowest BCUT2D eigenvalue weighted by molar-refractivity contribution is 0.134. The van der Waals surface area contributed by atoms with E-state index in [1.807, 2.05) is 0 Å². The summed E-state index contributed by atoms with van der Waals surface area (Å²) in [6.07, 6.45) is 3.55. The van der Waals surface area contributed by atoms with E-state index in [-0.39, 0.29) is 10.9 Å². The van der Waals surface area contributed by atoms with Crippen LogP contribution in [0.4, 0.5) is 0 Å². The van der Waals surface area contributed by atoms with E-state index in [0.29, 0.717) is 12.3 Å². The minimum atomic E-state index is -0.284. The molecule has 0 spiro atoms. The highest BCUT2D eigenvalue weighted by atomic mass is 35.5. The molecule has 1 N–H and O–H groups in total. The Morgan fingerprint density at radius 2 is 2.50 bits per heavy atom.